The van der Waals surface area contributed by atoms with Gasteiger partial charge in [-0.2, -0.15) is 0 Å². The smallest absolute Gasteiger partial charge is 0.0992 e. The van der Waals surface area contributed by atoms with Crippen LogP contribution in [0.1, 0.15) is 0 Å². The van der Waals surface area contributed by atoms with E-state index < -0.39 is 8.07 Å². The molecule has 0 atom stereocenters. The van der Waals surface area contributed by atoms with E-state index in [1.54, 1.807) is 0 Å². The van der Waals surface area contributed by atoms with Gasteiger partial charge >= 0.3 is 0 Å². The van der Waals surface area contributed by atoms with Gasteiger partial charge in [-0.3, -0.25) is 0 Å². The maximum absolute atomic E-state index is 4.42. The van der Waals surface area contributed by atoms with E-state index in [0.717, 1.165) is 5.20 Å². The Morgan fingerprint density at radius 3 is 1.17 bits per heavy atom. The molecule has 0 N–H and O–H groups in total. The van der Waals surface area contributed by atoms with Crippen LogP contribution < -0.4 is 15.6 Å². The summed E-state index contributed by atoms with van der Waals surface area (Å²) in [6.07, 6.45) is 1.93. The SMILES string of the molecule is C=CC(=C)[Si](c1ccccc1)(c1ccccc1)c1ccccc1. The number of benzene rings is 3. The maximum atomic E-state index is 4.42. The topological polar surface area (TPSA) is 0 Å². The van der Waals surface area contributed by atoms with Gasteiger partial charge in [0.1, 0.15) is 0 Å². The van der Waals surface area contributed by atoms with E-state index in [9.17, 15) is 0 Å². The summed E-state index contributed by atoms with van der Waals surface area (Å²) in [5.41, 5.74) is 0. The summed E-state index contributed by atoms with van der Waals surface area (Å²) in [7, 11) is -2.34. The van der Waals surface area contributed by atoms with Gasteiger partial charge in [-0.15, -0.1) is 0 Å². The number of hydrogen-bond donors (Lipinski definition) is 0. The van der Waals surface area contributed by atoms with Crippen molar-refractivity contribution in [2.75, 3.05) is 0 Å². The molecule has 0 saturated carbocycles. The van der Waals surface area contributed by atoms with Crippen LogP contribution in [0.3, 0.4) is 0 Å². The van der Waals surface area contributed by atoms with Crippen LogP contribution in [0.25, 0.3) is 0 Å². The molecule has 0 aliphatic rings. The van der Waals surface area contributed by atoms with Crippen LogP contribution in [0.4, 0.5) is 0 Å². The molecule has 0 aliphatic heterocycles. The standard InChI is InChI=1S/C22H20Si/c1-3-19(2)23(20-13-7-4-8-14-20,21-15-9-5-10-16-21)22-17-11-6-12-18-22/h3-18H,1-2H2. The molecule has 0 saturated heterocycles. The van der Waals surface area contributed by atoms with Crippen molar-refractivity contribution < 1.29 is 0 Å². The molecular weight excluding hydrogens is 292 g/mol. The third-order valence-electron chi connectivity index (χ3n) is 4.35. The normalized spacial score (nSPS) is 11.0. The van der Waals surface area contributed by atoms with E-state index in [4.69, 9.17) is 0 Å². The van der Waals surface area contributed by atoms with Crippen molar-refractivity contribution in [2.45, 2.75) is 0 Å². The molecule has 1 heteroatoms. The lowest BCUT2D eigenvalue weighted by molar-refractivity contribution is 1.66. The fraction of sp³-hybridized carbons (Fsp3) is 0. The van der Waals surface area contributed by atoms with Gasteiger partial charge in [0.15, 0.2) is 8.07 Å². The largest absolute Gasteiger partial charge is 0.179 e. The molecule has 0 aromatic heterocycles. The minimum Gasteiger partial charge on any atom is -0.0992 e. The van der Waals surface area contributed by atoms with Gasteiger partial charge in [0, 0.05) is 0 Å². The zero-order valence-electron chi connectivity index (χ0n) is 13.2. The highest BCUT2D eigenvalue weighted by Gasteiger charge is 2.40. The molecule has 0 nitrogen and oxygen atoms in total. The first-order valence-corrected chi connectivity index (χ1v) is 9.78. The van der Waals surface area contributed by atoms with Gasteiger partial charge in [-0.05, 0) is 15.6 Å². The van der Waals surface area contributed by atoms with Gasteiger partial charge in [0.2, 0.25) is 0 Å². The molecule has 3 rings (SSSR count). The third kappa shape index (κ3) is 2.60. The monoisotopic (exact) mass is 312 g/mol. The second kappa shape index (κ2) is 6.63. The molecule has 3 aromatic rings. The average molecular weight is 312 g/mol. The Labute approximate surface area is 139 Å². The van der Waals surface area contributed by atoms with E-state index in [1.807, 2.05) is 6.08 Å². The van der Waals surface area contributed by atoms with Crippen LogP contribution in [0, 0.1) is 0 Å². The van der Waals surface area contributed by atoms with Crippen LogP contribution in [0.2, 0.25) is 0 Å². The molecule has 0 amide bonds. The predicted octanol–water partition coefficient (Wildman–Crippen LogP) is 3.44. The minimum atomic E-state index is -2.34. The Kier molecular flexibility index (Phi) is 4.40. The predicted molar refractivity (Wildman–Crippen MR) is 103 cm³/mol. The zero-order chi connectivity index (χ0) is 16.1. The molecule has 0 spiro atoms. The van der Waals surface area contributed by atoms with Crippen molar-refractivity contribution in [3.05, 3.63) is 115 Å². The summed E-state index contributed by atoms with van der Waals surface area (Å²) in [6, 6.07) is 32.2. The summed E-state index contributed by atoms with van der Waals surface area (Å²) in [6.45, 7) is 8.46. The van der Waals surface area contributed by atoms with E-state index in [-0.39, 0.29) is 0 Å². The van der Waals surface area contributed by atoms with Crippen LogP contribution >= 0.6 is 0 Å². The van der Waals surface area contributed by atoms with Gasteiger partial charge in [0.25, 0.3) is 0 Å². The third-order valence-corrected chi connectivity index (χ3v) is 9.11. The molecule has 3 aromatic carbocycles. The van der Waals surface area contributed by atoms with Gasteiger partial charge in [-0.1, -0.05) is 115 Å². The quantitative estimate of drug-likeness (QED) is 0.385. The minimum absolute atomic E-state index is 1.11. The number of allylic oxidation sites excluding steroid dienone is 2. The highest BCUT2D eigenvalue weighted by Crippen LogP contribution is 2.16. The van der Waals surface area contributed by atoms with E-state index in [1.165, 1.54) is 15.6 Å². The summed E-state index contributed by atoms with van der Waals surface area (Å²) in [5, 5.41) is 5.12. The van der Waals surface area contributed by atoms with Crippen molar-refractivity contribution in [1.82, 2.24) is 0 Å². The Morgan fingerprint density at radius 2 is 0.913 bits per heavy atom. The Hall–Kier alpha value is -2.64. The van der Waals surface area contributed by atoms with Gasteiger partial charge < -0.3 is 0 Å². The lowest BCUT2D eigenvalue weighted by Crippen LogP contribution is -2.68. The summed E-state index contributed by atoms with van der Waals surface area (Å²) in [4.78, 5) is 0. The van der Waals surface area contributed by atoms with Gasteiger partial charge in [0.05, 0.1) is 0 Å². The highest BCUT2D eigenvalue weighted by molar-refractivity contribution is 7.16. The number of rotatable bonds is 5. The van der Waals surface area contributed by atoms with E-state index in [0.29, 0.717) is 0 Å². The second-order valence-electron chi connectivity index (χ2n) is 5.58. The summed E-state index contributed by atoms with van der Waals surface area (Å²) in [5.74, 6) is 0. The maximum Gasteiger partial charge on any atom is 0.179 e. The number of hydrogen-bond acceptors (Lipinski definition) is 0. The molecule has 112 valence electrons. The van der Waals surface area contributed by atoms with Crippen LogP contribution in [-0.4, -0.2) is 8.07 Å². The Morgan fingerprint density at radius 1 is 0.609 bits per heavy atom. The first-order valence-electron chi connectivity index (χ1n) is 7.78. The first-order chi connectivity index (χ1) is 11.3. The summed E-state index contributed by atoms with van der Waals surface area (Å²) >= 11 is 0. The van der Waals surface area contributed by atoms with Crippen molar-refractivity contribution in [3.63, 3.8) is 0 Å². The fourth-order valence-electron chi connectivity index (χ4n) is 3.27. The molecule has 23 heavy (non-hydrogen) atoms. The Balaban J connectivity index is 2.40. The molecule has 0 heterocycles. The van der Waals surface area contributed by atoms with E-state index >= 15 is 0 Å². The van der Waals surface area contributed by atoms with Crippen molar-refractivity contribution in [2.24, 2.45) is 0 Å². The van der Waals surface area contributed by atoms with Crippen molar-refractivity contribution in [1.29, 1.82) is 0 Å². The second-order valence-corrected chi connectivity index (χ2v) is 9.45. The lowest BCUT2D eigenvalue weighted by atomic mass is 10.3. The molecule has 0 aliphatic carbocycles. The average Bonchev–Trinajstić information content (AvgIpc) is 2.65. The van der Waals surface area contributed by atoms with Gasteiger partial charge in [-0.25, -0.2) is 0 Å². The molecule has 0 fully saturated rings. The lowest BCUT2D eigenvalue weighted by Gasteiger charge is -2.34. The van der Waals surface area contributed by atoms with Crippen molar-refractivity contribution >= 4 is 23.6 Å². The molecule has 0 bridgehead atoms. The van der Waals surface area contributed by atoms with Crippen LogP contribution in [0.15, 0.2) is 115 Å². The van der Waals surface area contributed by atoms with Crippen LogP contribution in [0.5, 0.6) is 0 Å². The zero-order valence-corrected chi connectivity index (χ0v) is 14.2. The molecule has 0 radical (unpaired) electrons. The first kappa shape index (κ1) is 15.3. The fourth-order valence-corrected chi connectivity index (χ4v) is 7.77. The van der Waals surface area contributed by atoms with Crippen molar-refractivity contribution in [3.8, 4) is 0 Å². The highest BCUT2D eigenvalue weighted by atomic mass is 28.3. The molecular formula is C22H20Si. The van der Waals surface area contributed by atoms with Crippen LogP contribution in [-0.2, 0) is 0 Å². The summed E-state index contributed by atoms with van der Waals surface area (Å²) < 4.78 is 0. The van der Waals surface area contributed by atoms with E-state index in [2.05, 4.69) is 104 Å². The molecule has 0 unspecified atom stereocenters. The Bertz CT molecular complexity index is 692.